The first-order valence-electron chi connectivity index (χ1n) is 10.9. The van der Waals surface area contributed by atoms with E-state index in [1.54, 1.807) is 11.0 Å². The summed E-state index contributed by atoms with van der Waals surface area (Å²) in [6.45, 7) is 2.79. The first-order valence-corrected chi connectivity index (χ1v) is 12.3. The molecular formula is C23H24N4O5S. The number of aromatic nitrogens is 1. The summed E-state index contributed by atoms with van der Waals surface area (Å²) in [6, 6.07) is 13.9. The summed E-state index contributed by atoms with van der Waals surface area (Å²) < 4.78 is 33.4. The van der Waals surface area contributed by atoms with E-state index in [0.717, 1.165) is 10.9 Å². The largest absolute Gasteiger partial charge is 0.478 e. The Morgan fingerprint density at radius 3 is 2.58 bits per heavy atom. The highest BCUT2D eigenvalue weighted by atomic mass is 32.2. The van der Waals surface area contributed by atoms with Crippen LogP contribution in [-0.2, 0) is 14.8 Å². The number of carbonyl (C=O) groups is 2. The lowest BCUT2D eigenvalue weighted by Crippen LogP contribution is -2.50. The Kier molecular flexibility index (Phi) is 5.34. The molecule has 172 valence electrons. The Bertz CT molecular complexity index is 1310. The van der Waals surface area contributed by atoms with Gasteiger partial charge in [0.05, 0.1) is 10.6 Å². The van der Waals surface area contributed by atoms with Crippen LogP contribution < -0.4 is 10.1 Å². The lowest BCUT2D eigenvalue weighted by atomic mass is 10.2. The maximum absolute atomic E-state index is 13.2. The van der Waals surface area contributed by atoms with Gasteiger partial charge in [-0.05, 0) is 36.8 Å². The Labute approximate surface area is 191 Å². The molecule has 0 radical (unpaired) electrons. The van der Waals surface area contributed by atoms with Gasteiger partial charge in [0.2, 0.25) is 10.0 Å². The number of sulfonamides is 1. The van der Waals surface area contributed by atoms with Crippen molar-refractivity contribution in [3.8, 4) is 5.75 Å². The number of nitrogens with zero attached hydrogens (tertiary/aromatic N) is 2. The number of piperazine rings is 1. The van der Waals surface area contributed by atoms with Crippen molar-refractivity contribution in [2.45, 2.75) is 24.3 Å². The Hall–Kier alpha value is -3.37. The predicted octanol–water partition coefficient (Wildman–Crippen LogP) is 2.42. The normalized spacial score (nSPS) is 19.1. The molecule has 1 aromatic heterocycles. The van der Waals surface area contributed by atoms with Crippen molar-refractivity contribution in [3.63, 3.8) is 0 Å². The molecule has 1 fully saturated rings. The fourth-order valence-electron chi connectivity index (χ4n) is 4.20. The number of nitrogens with one attached hydrogen (secondary N) is 2. The highest BCUT2D eigenvalue weighted by Gasteiger charge is 2.33. The number of hydrogen-bond donors (Lipinski definition) is 2. The third kappa shape index (κ3) is 3.85. The third-order valence-electron chi connectivity index (χ3n) is 6.07. The van der Waals surface area contributed by atoms with Gasteiger partial charge in [0.25, 0.3) is 11.8 Å². The van der Waals surface area contributed by atoms with Crippen molar-refractivity contribution in [3.05, 3.63) is 54.2 Å². The number of benzene rings is 2. The maximum atomic E-state index is 13.2. The van der Waals surface area contributed by atoms with Gasteiger partial charge in [-0.15, -0.1) is 0 Å². The Morgan fingerprint density at radius 2 is 1.85 bits per heavy atom. The Morgan fingerprint density at radius 1 is 1.09 bits per heavy atom. The molecule has 5 rings (SSSR count). The standard InChI is InChI=1S/C23H24N4O5S/c1-2-20-22(28)25-18-14-16(7-8-21(18)32-20)33(30,31)27-11-9-26(10-12-27)23(29)19-13-15-5-3-4-6-17(15)24-19/h3-8,13-14,20,24H,2,9-12H2,1H3,(H,25,28). The molecule has 2 amide bonds. The van der Waals surface area contributed by atoms with E-state index >= 15 is 0 Å². The summed E-state index contributed by atoms with van der Waals surface area (Å²) in [4.78, 5) is 29.9. The lowest BCUT2D eigenvalue weighted by molar-refractivity contribution is -0.123. The van der Waals surface area contributed by atoms with Gasteiger partial charge < -0.3 is 19.9 Å². The second-order valence-corrected chi connectivity index (χ2v) is 10.1. The van der Waals surface area contributed by atoms with Gasteiger partial charge in [0, 0.05) is 37.1 Å². The quantitative estimate of drug-likeness (QED) is 0.611. The molecule has 2 N–H and O–H groups in total. The van der Waals surface area contributed by atoms with Crippen LogP contribution in [0.25, 0.3) is 10.9 Å². The van der Waals surface area contributed by atoms with E-state index in [1.807, 2.05) is 37.3 Å². The molecule has 1 atom stereocenters. The Balaban J connectivity index is 1.29. The van der Waals surface area contributed by atoms with E-state index in [0.29, 0.717) is 23.6 Å². The molecule has 33 heavy (non-hydrogen) atoms. The number of anilines is 1. The molecule has 0 saturated carbocycles. The van der Waals surface area contributed by atoms with Crippen molar-refractivity contribution < 1.29 is 22.7 Å². The van der Waals surface area contributed by atoms with Crippen LogP contribution in [0, 0.1) is 0 Å². The minimum atomic E-state index is -3.79. The lowest BCUT2D eigenvalue weighted by Gasteiger charge is -2.34. The van der Waals surface area contributed by atoms with Gasteiger partial charge >= 0.3 is 0 Å². The van der Waals surface area contributed by atoms with Crippen LogP contribution in [0.3, 0.4) is 0 Å². The van der Waals surface area contributed by atoms with E-state index in [9.17, 15) is 18.0 Å². The molecule has 1 unspecified atom stereocenters. The molecule has 9 nitrogen and oxygen atoms in total. The van der Waals surface area contributed by atoms with Crippen LogP contribution in [0.4, 0.5) is 5.69 Å². The highest BCUT2D eigenvalue weighted by molar-refractivity contribution is 7.89. The molecule has 3 aromatic rings. The maximum Gasteiger partial charge on any atom is 0.270 e. The molecular weight excluding hydrogens is 444 g/mol. The summed E-state index contributed by atoms with van der Waals surface area (Å²) in [5.41, 5.74) is 1.72. The van der Waals surface area contributed by atoms with Gasteiger partial charge in [-0.25, -0.2) is 8.42 Å². The SMILES string of the molecule is CCC1Oc2ccc(S(=O)(=O)N3CCN(C(=O)c4cc5ccccc5[nH]4)CC3)cc2NC1=O. The van der Waals surface area contributed by atoms with Crippen molar-refractivity contribution in [2.75, 3.05) is 31.5 Å². The van der Waals surface area contributed by atoms with Crippen LogP contribution in [-0.4, -0.2) is 66.7 Å². The van der Waals surface area contributed by atoms with Crippen molar-refractivity contribution >= 4 is 38.4 Å². The zero-order valence-electron chi connectivity index (χ0n) is 18.1. The monoisotopic (exact) mass is 468 g/mol. The smallest absolute Gasteiger partial charge is 0.270 e. The number of hydrogen-bond acceptors (Lipinski definition) is 5. The molecule has 3 heterocycles. The van der Waals surface area contributed by atoms with Crippen LogP contribution in [0.2, 0.25) is 0 Å². The topological polar surface area (TPSA) is 112 Å². The molecule has 2 aliphatic heterocycles. The number of rotatable bonds is 4. The summed E-state index contributed by atoms with van der Waals surface area (Å²) in [6.07, 6.45) is -0.0600. The number of para-hydroxylation sites is 1. The minimum absolute atomic E-state index is 0.0792. The second kappa shape index (κ2) is 8.20. The summed E-state index contributed by atoms with van der Waals surface area (Å²) >= 11 is 0. The summed E-state index contributed by atoms with van der Waals surface area (Å²) in [5, 5.41) is 3.68. The molecule has 1 saturated heterocycles. The molecule has 2 aliphatic rings. The molecule has 0 spiro atoms. The molecule has 10 heteroatoms. The first-order chi connectivity index (χ1) is 15.9. The van der Waals surface area contributed by atoms with Crippen LogP contribution >= 0.6 is 0 Å². The second-order valence-electron chi connectivity index (χ2n) is 8.13. The van der Waals surface area contributed by atoms with E-state index in [4.69, 9.17) is 4.74 Å². The van der Waals surface area contributed by atoms with Crippen LogP contribution in [0.1, 0.15) is 23.8 Å². The average Bonchev–Trinajstić information content (AvgIpc) is 3.27. The number of carbonyl (C=O) groups excluding carboxylic acids is 2. The van der Waals surface area contributed by atoms with Crippen LogP contribution in [0.15, 0.2) is 53.4 Å². The van der Waals surface area contributed by atoms with E-state index in [1.165, 1.54) is 16.4 Å². The van der Waals surface area contributed by atoms with E-state index in [2.05, 4.69) is 10.3 Å². The average molecular weight is 469 g/mol. The zero-order valence-corrected chi connectivity index (χ0v) is 18.9. The molecule has 0 bridgehead atoms. The van der Waals surface area contributed by atoms with Gasteiger partial charge in [-0.1, -0.05) is 25.1 Å². The third-order valence-corrected chi connectivity index (χ3v) is 7.96. The van der Waals surface area contributed by atoms with E-state index < -0.39 is 16.1 Å². The van der Waals surface area contributed by atoms with Crippen molar-refractivity contribution in [2.24, 2.45) is 0 Å². The van der Waals surface area contributed by atoms with Crippen molar-refractivity contribution in [1.29, 1.82) is 0 Å². The fraction of sp³-hybridized carbons (Fsp3) is 0.304. The van der Waals surface area contributed by atoms with E-state index in [-0.39, 0.29) is 42.9 Å². The summed E-state index contributed by atoms with van der Waals surface area (Å²) in [7, 11) is -3.79. The highest BCUT2D eigenvalue weighted by Crippen LogP contribution is 2.33. The fourth-order valence-corrected chi connectivity index (χ4v) is 5.65. The predicted molar refractivity (Wildman–Crippen MR) is 123 cm³/mol. The number of H-pyrrole nitrogens is 1. The molecule has 0 aliphatic carbocycles. The number of fused-ring (bicyclic) bond motifs is 2. The van der Waals surface area contributed by atoms with Gasteiger partial charge in [0.1, 0.15) is 11.4 Å². The molecule has 2 aromatic carbocycles. The van der Waals surface area contributed by atoms with Gasteiger partial charge in [0.15, 0.2) is 6.10 Å². The van der Waals surface area contributed by atoms with Crippen LogP contribution in [0.5, 0.6) is 5.75 Å². The summed E-state index contributed by atoms with van der Waals surface area (Å²) in [5.74, 6) is 0.0140. The minimum Gasteiger partial charge on any atom is -0.478 e. The number of aromatic amines is 1. The van der Waals surface area contributed by atoms with Gasteiger partial charge in [-0.2, -0.15) is 4.31 Å². The number of ether oxygens (including phenoxy) is 1. The first kappa shape index (κ1) is 21.5. The van der Waals surface area contributed by atoms with Gasteiger partial charge in [-0.3, -0.25) is 9.59 Å². The number of amides is 2. The van der Waals surface area contributed by atoms with Crippen molar-refractivity contribution in [1.82, 2.24) is 14.2 Å². The zero-order chi connectivity index (χ0) is 23.2.